The molecule has 20 heavy (non-hydrogen) atoms. The highest BCUT2D eigenvalue weighted by Crippen LogP contribution is 2.09. The first-order chi connectivity index (χ1) is 9.83. The number of guanidine groups is 1. The van der Waals surface area contributed by atoms with Gasteiger partial charge in [0, 0.05) is 32.5 Å². The third-order valence-electron chi connectivity index (χ3n) is 3.46. The third-order valence-corrected chi connectivity index (χ3v) is 3.46. The first-order valence-corrected chi connectivity index (χ1v) is 6.91. The van der Waals surface area contributed by atoms with E-state index in [4.69, 9.17) is 0 Å². The van der Waals surface area contributed by atoms with E-state index in [0.29, 0.717) is 0 Å². The smallest absolute Gasteiger partial charge is 0.193 e. The summed E-state index contributed by atoms with van der Waals surface area (Å²) in [6, 6.07) is 10.4. The lowest BCUT2D eigenvalue weighted by atomic mass is 10.1. The Morgan fingerprint density at radius 1 is 1.25 bits per heavy atom. The number of nitrogens with zero attached hydrogens (tertiary/aromatic N) is 4. The average Bonchev–Trinajstić information content (AvgIpc) is 3.12. The van der Waals surface area contributed by atoms with Crippen molar-refractivity contribution < 1.29 is 0 Å². The van der Waals surface area contributed by atoms with Crippen LogP contribution >= 0.6 is 0 Å². The lowest BCUT2D eigenvalue weighted by Crippen LogP contribution is -2.36. The molecule has 1 aromatic heterocycles. The molecule has 104 valence electrons. The van der Waals surface area contributed by atoms with Crippen molar-refractivity contribution in [2.75, 3.05) is 26.7 Å². The van der Waals surface area contributed by atoms with E-state index in [9.17, 15) is 0 Å². The quantitative estimate of drug-likeness (QED) is 0.910. The topological polar surface area (TPSA) is 45.5 Å². The van der Waals surface area contributed by atoms with Gasteiger partial charge in [0.2, 0.25) is 0 Å². The molecule has 1 N–H and O–H groups in total. The highest BCUT2D eigenvalue weighted by molar-refractivity contribution is 5.81. The van der Waals surface area contributed by atoms with Crippen molar-refractivity contribution in [2.24, 2.45) is 4.99 Å². The molecule has 2 heterocycles. The van der Waals surface area contributed by atoms with Crippen LogP contribution in [0.5, 0.6) is 0 Å². The molecule has 0 radical (unpaired) electrons. The second kappa shape index (κ2) is 5.77. The van der Waals surface area contributed by atoms with Gasteiger partial charge in [0.1, 0.15) is 0 Å². The predicted molar refractivity (Wildman–Crippen MR) is 80.2 cm³/mol. The Bertz CT molecular complexity index is 571. The lowest BCUT2D eigenvalue weighted by molar-refractivity contribution is 0.534. The average molecular weight is 269 g/mol. The first kappa shape index (κ1) is 12.7. The van der Waals surface area contributed by atoms with Crippen molar-refractivity contribution in [3.63, 3.8) is 0 Å². The van der Waals surface area contributed by atoms with E-state index in [1.165, 1.54) is 5.56 Å². The van der Waals surface area contributed by atoms with E-state index in [1.54, 1.807) is 6.20 Å². The largest absolute Gasteiger partial charge is 0.356 e. The number of hydrogen-bond donors (Lipinski definition) is 1. The monoisotopic (exact) mass is 269 g/mol. The Labute approximate surface area is 118 Å². The zero-order valence-corrected chi connectivity index (χ0v) is 11.7. The lowest BCUT2D eigenvalue weighted by Gasteiger charge is -2.15. The molecule has 0 fully saturated rings. The van der Waals surface area contributed by atoms with Crippen LogP contribution in [0.4, 0.5) is 0 Å². The Morgan fingerprint density at radius 2 is 2.10 bits per heavy atom. The molecule has 0 unspecified atom stereocenters. The molecular formula is C15H19N5. The zero-order valence-electron chi connectivity index (χ0n) is 11.7. The highest BCUT2D eigenvalue weighted by atomic mass is 15.3. The molecule has 0 spiro atoms. The fourth-order valence-electron chi connectivity index (χ4n) is 2.28. The summed E-state index contributed by atoms with van der Waals surface area (Å²) in [6.07, 6.45) is 4.73. The van der Waals surface area contributed by atoms with Gasteiger partial charge in [-0.15, -0.1) is 0 Å². The number of nitrogens with one attached hydrogen (secondary N) is 1. The van der Waals surface area contributed by atoms with Crippen LogP contribution in [0.25, 0.3) is 5.69 Å². The highest BCUT2D eigenvalue weighted by Gasteiger charge is 2.10. The molecule has 1 aromatic carbocycles. The van der Waals surface area contributed by atoms with Crippen LogP contribution in [0.1, 0.15) is 5.56 Å². The van der Waals surface area contributed by atoms with Crippen molar-refractivity contribution in [2.45, 2.75) is 6.42 Å². The summed E-state index contributed by atoms with van der Waals surface area (Å²) < 4.78 is 1.87. The number of benzene rings is 1. The molecule has 1 aliphatic heterocycles. The summed E-state index contributed by atoms with van der Waals surface area (Å²) in [5, 5.41) is 7.60. The van der Waals surface area contributed by atoms with Gasteiger partial charge in [-0.2, -0.15) is 5.10 Å². The van der Waals surface area contributed by atoms with E-state index >= 15 is 0 Å². The Balaban J connectivity index is 1.53. The molecule has 5 heteroatoms. The van der Waals surface area contributed by atoms with E-state index < -0.39 is 0 Å². The van der Waals surface area contributed by atoms with Crippen molar-refractivity contribution in [3.05, 3.63) is 48.3 Å². The van der Waals surface area contributed by atoms with E-state index in [2.05, 4.69) is 51.6 Å². The molecule has 3 rings (SSSR count). The molecule has 0 aliphatic carbocycles. The molecule has 1 aliphatic rings. The minimum atomic E-state index is 0.900. The number of hydrogen-bond acceptors (Lipinski definition) is 4. The van der Waals surface area contributed by atoms with Crippen LogP contribution in [0.15, 0.2) is 47.7 Å². The summed E-state index contributed by atoms with van der Waals surface area (Å²) in [7, 11) is 2.07. The first-order valence-electron chi connectivity index (χ1n) is 6.91. The van der Waals surface area contributed by atoms with E-state index in [-0.39, 0.29) is 0 Å². The molecule has 0 amide bonds. The fraction of sp³-hybridized carbons (Fsp3) is 0.333. The Morgan fingerprint density at radius 3 is 2.75 bits per heavy atom. The van der Waals surface area contributed by atoms with Gasteiger partial charge in [0.25, 0.3) is 0 Å². The summed E-state index contributed by atoms with van der Waals surface area (Å²) in [6.45, 7) is 2.82. The van der Waals surface area contributed by atoms with Gasteiger partial charge in [0.05, 0.1) is 12.2 Å². The second-order valence-electron chi connectivity index (χ2n) is 4.92. The standard InChI is InChI=1S/C15H19N5/c1-19-12-10-17-15(19)16-9-7-13-3-5-14(6-4-13)20-11-2-8-18-20/h2-6,8,11H,7,9-10,12H2,1H3,(H,16,17). The van der Waals surface area contributed by atoms with Crippen LogP contribution < -0.4 is 5.32 Å². The van der Waals surface area contributed by atoms with Crippen molar-refractivity contribution in [1.82, 2.24) is 20.0 Å². The zero-order chi connectivity index (χ0) is 13.8. The number of rotatable bonds is 4. The van der Waals surface area contributed by atoms with Gasteiger partial charge in [-0.05, 0) is 30.2 Å². The molecule has 0 atom stereocenters. The van der Waals surface area contributed by atoms with E-state index in [0.717, 1.165) is 37.7 Å². The van der Waals surface area contributed by atoms with Crippen molar-refractivity contribution >= 4 is 5.96 Å². The summed E-state index contributed by atoms with van der Waals surface area (Å²) in [4.78, 5) is 6.57. The van der Waals surface area contributed by atoms with Crippen LogP contribution in [0.3, 0.4) is 0 Å². The maximum atomic E-state index is 4.42. The van der Waals surface area contributed by atoms with Crippen LogP contribution in [0, 0.1) is 0 Å². The maximum absolute atomic E-state index is 4.42. The number of aliphatic imine (C=N–C) groups is 1. The summed E-state index contributed by atoms with van der Waals surface area (Å²) in [5.41, 5.74) is 2.40. The van der Waals surface area contributed by atoms with Gasteiger partial charge in [0.15, 0.2) is 5.96 Å². The second-order valence-corrected chi connectivity index (χ2v) is 4.92. The minimum absolute atomic E-state index is 0.900. The van der Waals surface area contributed by atoms with Crippen molar-refractivity contribution in [3.8, 4) is 5.69 Å². The van der Waals surface area contributed by atoms with Gasteiger partial charge >= 0.3 is 0 Å². The van der Waals surface area contributed by atoms with Crippen LogP contribution in [0.2, 0.25) is 0 Å². The minimum Gasteiger partial charge on any atom is -0.356 e. The van der Waals surface area contributed by atoms with Crippen molar-refractivity contribution in [1.29, 1.82) is 0 Å². The van der Waals surface area contributed by atoms with Crippen LogP contribution in [-0.2, 0) is 6.42 Å². The molecule has 5 nitrogen and oxygen atoms in total. The number of aromatic nitrogens is 2. The maximum Gasteiger partial charge on any atom is 0.193 e. The molecular weight excluding hydrogens is 250 g/mol. The molecule has 0 saturated carbocycles. The molecule has 0 bridgehead atoms. The van der Waals surface area contributed by atoms with Gasteiger partial charge < -0.3 is 10.2 Å². The summed E-state index contributed by atoms with van der Waals surface area (Å²) >= 11 is 0. The molecule has 2 aromatic rings. The van der Waals surface area contributed by atoms with E-state index in [1.807, 2.05) is 16.9 Å². The number of likely N-dealkylation sites (N-methyl/N-ethyl adjacent to an activating group) is 1. The normalized spacial score (nSPS) is 14.4. The Kier molecular flexibility index (Phi) is 3.67. The third kappa shape index (κ3) is 2.82. The summed E-state index contributed by atoms with van der Waals surface area (Å²) in [5.74, 6) is 1.01. The molecule has 0 saturated heterocycles. The van der Waals surface area contributed by atoms with Gasteiger partial charge in [-0.3, -0.25) is 4.99 Å². The van der Waals surface area contributed by atoms with Gasteiger partial charge in [-0.25, -0.2) is 4.68 Å². The SMILES string of the molecule is CN1CCN=C1NCCc1ccc(-n2cccn2)cc1. The van der Waals surface area contributed by atoms with Crippen LogP contribution in [-0.4, -0.2) is 47.3 Å². The van der Waals surface area contributed by atoms with Gasteiger partial charge in [-0.1, -0.05) is 12.1 Å². The predicted octanol–water partition coefficient (Wildman–Crippen LogP) is 1.31. The fourth-order valence-corrected chi connectivity index (χ4v) is 2.28. The Hall–Kier alpha value is -2.30.